The molecule has 0 rings (SSSR count). The molecule has 1 N–H and O–H groups in total. The van der Waals surface area contributed by atoms with Gasteiger partial charge in [-0.15, -0.1) is 0 Å². The minimum absolute atomic E-state index is 0.130. The lowest BCUT2D eigenvalue weighted by atomic mass is 10.1. The van der Waals surface area contributed by atoms with E-state index in [-0.39, 0.29) is 6.10 Å². The molecule has 0 bridgehead atoms. The molecule has 0 amide bonds. The van der Waals surface area contributed by atoms with E-state index in [2.05, 4.69) is 25.7 Å². The molecule has 0 aliphatic rings. The third-order valence-electron chi connectivity index (χ3n) is 2.45. The van der Waals surface area contributed by atoms with Crippen molar-refractivity contribution in [2.45, 2.75) is 59.1 Å². The second-order valence-electron chi connectivity index (χ2n) is 4.07. The minimum Gasteiger partial charge on any atom is -0.393 e. The summed E-state index contributed by atoms with van der Waals surface area (Å²) in [7, 11) is 0. The molecule has 0 aromatic rings. The molecule has 0 aliphatic heterocycles. The molecule has 0 aromatic heterocycles. The van der Waals surface area contributed by atoms with Gasteiger partial charge in [0.15, 0.2) is 0 Å². The van der Waals surface area contributed by atoms with Gasteiger partial charge < -0.3 is 10.0 Å². The summed E-state index contributed by atoms with van der Waals surface area (Å²) in [5, 5.41) is 9.07. The van der Waals surface area contributed by atoms with E-state index in [0.717, 1.165) is 19.4 Å². The molecule has 0 spiro atoms. The summed E-state index contributed by atoms with van der Waals surface area (Å²) in [6.45, 7) is 10.8. The van der Waals surface area contributed by atoms with E-state index in [9.17, 15) is 0 Å². The highest BCUT2D eigenvalue weighted by Crippen LogP contribution is 2.04. The van der Waals surface area contributed by atoms with Crippen LogP contribution in [0.2, 0.25) is 0 Å². The number of nitrogens with zero attached hydrogens (tertiary/aromatic N) is 1. The molecular weight excluding hydrogens is 162 g/mol. The maximum absolute atomic E-state index is 9.07. The molecule has 2 nitrogen and oxygen atoms in total. The molecule has 1 unspecified atom stereocenters. The maximum Gasteiger partial charge on any atom is 0.0512 e. The van der Waals surface area contributed by atoms with Crippen molar-refractivity contribution >= 4 is 0 Å². The van der Waals surface area contributed by atoms with Crippen LogP contribution < -0.4 is 0 Å². The molecule has 0 heterocycles. The van der Waals surface area contributed by atoms with Gasteiger partial charge in [-0.2, -0.15) is 0 Å². The molecule has 0 saturated heterocycles. The van der Waals surface area contributed by atoms with E-state index in [1.165, 1.54) is 13.0 Å². The average molecular weight is 187 g/mol. The van der Waals surface area contributed by atoms with Gasteiger partial charge in [-0.1, -0.05) is 6.92 Å². The van der Waals surface area contributed by atoms with Gasteiger partial charge >= 0.3 is 0 Å². The van der Waals surface area contributed by atoms with Gasteiger partial charge in [-0.25, -0.2) is 0 Å². The Kier molecular flexibility index (Phi) is 7.29. The van der Waals surface area contributed by atoms with Crippen molar-refractivity contribution in [2.24, 2.45) is 0 Å². The van der Waals surface area contributed by atoms with E-state index < -0.39 is 0 Å². The number of hydrogen-bond acceptors (Lipinski definition) is 2. The third-order valence-corrected chi connectivity index (χ3v) is 2.45. The highest BCUT2D eigenvalue weighted by molar-refractivity contribution is 4.60. The highest BCUT2D eigenvalue weighted by atomic mass is 16.3. The second kappa shape index (κ2) is 7.34. The van der Waals surface area contributed by atoms with Crippen molar-refractivity contribution in [1.82, 2.24) is 4.90 Å². The quantitative estimate of drug-likeness (QED) is 0.618. The molecule has 0 radical (unpaired) electrons. The number of rotatable bonds is 7. The van der Waals surface area contributed by atoms with E-state index in [1.54, 1.807) is 0 Å². The lowest BCUT2D eigenvalue weighted by Crippen LogP contribution is -2.31. The molecule has 0 aliphatic carbocycles. The Balaban J connectivity index is 3.39. The van der Waals surface area contributed by atoms with Gasteiger partial charge in [0.2, 0.25) is 0 Å². The van der Waals surface area contributed by atoms with Crippen molar-refractivity contribution in [3.63, 3.8) is 0 Å². The fourth-order valence-corrected chi connectivity index (χ4v) is 1.54. The third kappa shape index (κ3) is 7.03. The van der Waals surface area contributed by atoms with Gasteiger partial charge in [0.1, 0.15) is 0 Å². The van der Waals surface area contributed by atoms with Crippen LogP contribution >= 0.6 is 0 Å². The Bertz CT molecular complexity index is 113. The lowest BCUT2D eigenvalue weighted by molar-refractivity contribution is 0.174. The Hall–Kier alpha value is -0.0800. The summed E-state index contributed by atoms with van der Waals surface area (Å²) < 4.78 is 0. The molecule has 0 fully saturated rings. The topological polar surface area (TPSA) is 23.5 Å². The highest BCUT2D eigenvalue weighted by Gasteiger charge is 2.05. The molecule has 80 valence electrons. The molecule has 0 aromatic carbocycles. The second-order valence-corrected chi connectivity index (χ2v) is 4.07. The predicted octanol–water partition coefficient (Wildman–Crippen LogP) is 2.27. The van der Waals surface area contributed by atoms with Crippen LogP contribution in [0.15, 0.2) is 0 Å². The van der Waals surface area contributed by atoms with Crippen LogP contribution in [0, 0.1) is 0 Å². The molecule has 2 heteroatoms. The number of aliphatic hydroxyl groups is 1. The molecular formula is C11H25NO. The van der Waals surface area contributed by atoms with Crippen LogP contribution in [0.25, 0.3) is 0 Å². The summed E-state index contributed by atoms with van der Waals surface area (Å²) in [6.07, 6.45) is 3.15. The van der Waals surface area contributed by atoms with E-state index >= 15 is 0 Å². The zero-order valence-corrected chi connectivity index (χ0v) is 9.58. The standard InChI is InChI=1S/C11H25NO/c1-5-12(10(2)3)9-7-6-8-11(4)13/h10-11,13H,5-9H2,1-4H3. The average Bonchev–Trinajstić information content (AvgIpc) is 2.03. The number of unbranched alkanes of at least 4 members (excludes halogenated alkanes) is 1. The monoisotopic (exact) mass is 187 g/mol. The fourth-order valence-electron chi connectivity index (χ4n) is 1.54. The molecule has 0 saturated carbocycles. The van der Waals surface area contributed by atoms with Gasteiger partial charge in [-0.05, 0) is 53.1 Å². The smallest absolute Gasteiger partial charge is 0.0512 e. The zero-order valence-electron chi connectivity index (χ0n) is 9.58. The van der Waals surface area contributed by atoms with Crippen molar-refractivity contribution in [2.75, 3.05) is 13.1 Å². The maximum atomic E-state index is 9.07. The summed E-state index contributed by atoms with van der Waals surface area (Å²) in [4.78, 5) is 2.46. The van der Waals surface area contributed by atoms with Crippen molar-refractivity contribution in [3.05, 3.63) is 0 Å². The van der Waals surface area contributed by atoms with Gasteiger partial charge in [0, 0.05) is 6.04 Å². The SMILES string of the molecule is CCN(CCCCC(C)O)C(C)C. The lowest BCUT2D eigenvalue weighted by Gasteiger charge is -2.24. The van der Waals surface area contributed by atoms with Crippen LogP contribution in [-0.4, -0.2) is 35.2 Å². The molecule has 1 atom stereocenters. The Morgan fingerprint density at radius 3 is 2.15 bits per heavy atom. The first-order valence-electron chi connectivity index (χ1n) is 5.50. The summed E-state index contributed by atoms with van der Waals surface area (Å²) >= 11 is 0. The minimum atomic E-state index is -0.130. The van der Waals surface area contributed by atoms with Crippen LogP contribution in [0.5, 0.6) is 0 Å². The van der Waals surface area contributed by atoms with Crippen LogP contribution in [0.4, 0.5) is 0 Å². The van der Waals surface area contributed by atoms with Gasteiger partial charge in [0.05, 0.1) is 6.10 Å². The first kappa shape index (κ1) is 12.9. The fraction of sp³-hybridized carbons (Fsp3) is 1.00. The summed E-state index contributed by atoms with van der Waals surface area (Å²) in [5.74, 6) is 0. The van der Waals surface area contributed by atoms with Crippen LogP contribution in [0.1, 0.15) is 47.0 Å². The summed E-state index contributed by atoms with van der Waals surface area (Å²) in [5.41, 5.74) is 0. The Labute approximate surface area is 82.9 Å². The van der Waals surface area contributed by atoms with Crippen molar-refractivity contribution in [1.29, 1.82) is 0 Å². The summed E-state index contributed by atoms with van der Waals surface area (Å²) in [6, 6.07) is 0.650. The van der Waals surface area contributed by atoms with Crippen LogP contribution in [0.3, 0.4) is 0 Å². The zero-order chi connectivity index (χ0) is 10.3. The number of aliphatic hydroxyl groups excluding tert-OH is 1. The first-order chi connectivity index (χ1) is 6.07. The van der Waals surface area contributed by atoms with Gasteiger partial charge in [0.25, 0.3) is 0 Å². The largest absolute Gasteiger partial charge is 0.393 e. The Morgan fingerprint density at radius 1 is 1.15 bits per heavy atom. The van der Waals surface area contributed by atoms with E-state index in [4.69, 9.17) is 5.11 Å². The van der Waals surface area contributed by atoms with Crippen LogP contribution in [-0.2, 0) is 0 Å². The first-order valence-corrected chi connectivity index (χ1v) is 5.50. The van der Waals surface area contributed by atoms with E-state index in [0.29, 0.717) is 6.04 Å². The van der Waals surface area contributed by atoms with Gasteiger partial charge in [-0.3, -0.25) is 0 Å². The van der Waals surface area contributed by atoms with E-state index in [1.807, 2.05) is 6.92 Å². The van der Waals surface area contributed by atoms with Crippen molar-refractivity contribution in [3.8, 4) is 0 Å². The van der Waals surface area contributed by atoms with Crippen molar-refractivity contribution < 1.29 is 5.11 Å². The molecule has 13 heavy (non-hydrogen) atoms. The normalized spacial score (nSPS) is 14.1. The predicted molar refractivity (Wildman–Crippen MR) is 57.9 cm³/mol. The Morgan fingerprint density at radius 2 is 1.77 bits per heavy atom. The number of hydrogen-bond donors (Lipinski definition) is 1.